The zero-order valence-corrected chi connectivity index (χ0v) is 14.3. The third-order valence-corrected chi connectivity index (χ3v) is 6.72. The topological polar surface area (TPSA) is 74.1 Å². The monoisotopic (exact) mass is 341 g/mol. The molecule has 1 aromatic heterocycles. The first-order valence-electron chi connectivity index (χ1n) is 7.88. The van der Waals surface area contributed by atoms with Crippen LogP contribution in [0, 0.1) is 18.3 Å². The van der Waals surface area contributed by atoms with Gasteiger partial charge in [-0.1, -0.05) is 24.3 Å². The van der Waals surface area contributed by atoms with Gasteiger partial charge in [-0.25, -0.2) is 8.42 Å². The average Bonchev–Trinajstić information content (AvgIpc) is 2.62. The third kappa shape index (κ3) is 2.81. The summed E-state index contributed by atoms with van der Waals surface area (Å²) in [5.41, 5.74) is 0.749. The number of sulfonamides is 1. The minimum atomic E-state index is -3.53. The first kappa shape index (κ1) is 16.6. The molecule has 0 amide bonds. The Balaban J connectivity index is 1.85. The van der Waals surface area contributed by atoms with Gasteiger partial charge in [0.15, 0.2) is 0 Å². The van der Waals surface area contributed by atoms with Crippen LogP contribution in [0.5, 0.6) is 0 Å². The summed E-state index contributed by atoms with van der Waals surface area (Å²) in [6.45, 7) is 2.44. The molecule has 1 aromatic carbocycles. The molecule has 2 aromatic rings. The van der Waals surface area contributed by atoms with Crippen LogP contribution in [0.25, 0.3) is 0 Å². The minimum absolute atomic E-state index is 0.320. The highest BCUT2D eigenvalue weighted by Gasteiger charge is 2.41. The van der Waals surface area contributed by atoms with Crippen molar-refractivity contribution in [1.29, 1.82) is 5.26 Å². The van der Waals surface area contributed by atoms with Crippen LogP contribution in [0.15, 0.2) is 53.6 Å². The Labute approximate surface area is 142 Å². The molecule has 0 spiro atoms. The number of nitrogens with zero attached hydrogens (tertiary/aromatic N) is 3. The quantitative estimate of drug-likeness (QED) is 0.860. The summed E-state index contributed by atoms with van der Waals surface area (Å²) < 4.78 is 27.2. The Morgan fingerprint density at radius 3 is 2.38 bits per heavy atom. The van der Waals surface area contributed by atoms with Gasteiger partial charge in [0.25, 0.3) is 0 Å². The second kappa shape index (κ2) is 6.34. The fourth-order valence-corrected chi connectivity index (χ4v) is 4.83. The second-order valence-electron chi connectivity index (χ2n) is 6.08. The van der Waals surface area contributed by atoms with E-state index < -0.39 is 15.4 Å². The van der Waals surface area contributed by atoms with E-state index >= 15 is 0 Å². The van der Waals surface area contributed by atoms with Crippen LogP contribution in [0.1, 0.15) is 24.1 Å². The van der Waals surface area contributed by atoms with Gasteiger partial charge in [-0.15, -0.1) is 0 Å². The predicted molar refractivity (Wildman–Crippen MR) is 90.7 cm³/mol. The maximum Gasteiger partial charge on any atom is 0.243 e. The van der Waals surface area contributed by atoms with Crippen LogP contribution >= 0.6 is 0 Å². The molecule has 3 rings (SSSR count). The van der Waals surface area contributed by atoms with Crippen LogP contribution < -0.4 is 0 Å². The third-order valence-electron chi connectivity index (χ3n) is 4.66. The van der Waals surface area contributed by atoms with Crippen molar-refractivity contribution in [3.05, 3.63) is 59.9 Å². The van der Waals surface area contributed by atoms with E-state index in [-0.39, 0.29) is 0 Å². The van der Waals surface area contributed by atoms with E-state index in [2.05, 4.69) is 11.1 Å². The molecule has 0 aliphatic carbocycles. The molecular weight excluding hydrogens is 322 g/mol. The van der Waals surface area contributed by atoms with Gasteiger partial charge >= 0.3 is 0 Å². The Morgan fingerprint density at radius 1 is 1.12 bits per heavy atom. The van der Waals surface area contributed by atoms with E-state index in [4.69, 9.17) is 0 Å². The molecule has 24 heavy (non-hydrogen) atoms. The molecule has 1 aliphatic rings. The van der Waals surface area contributed by atoms with Crippen molar-refractivity contribution in [1.82, 2.24) is 9.29 Å². The number of rotatable bonds is 3. The number of aromatic nitrogens is 1. The SMILES string of the molecule is Cc1ccccc1S(=O)(=O)N1CCC(C#N)(c2ccccn2)CC1. The summed E-state index contributed by atoms with van der Waals surface area (Å²) in [5, 5.41) is 9.69. The molecule has 1 fully saturated rings. The minimum Gasteiger partial charge on any atom is -0.260 e. The Kier molecular flexibility index (Phi) is 4.39. The molecule has 1 saturated heterocycles. The van der Waals surface area contributed by atoms with E-state index in [1.54, 1.807) is 31.3 Å². The van der Waals surface area contributed by atoms with Gasteiger partial charge in [0.2, 0.25) is 10.0 Å². The fourth-order valence-electron chi connectivity index (χ4n) is 3.16. The molecule has 0 atom stereocenters. The summed E-state index contributed by atoms with van der Waals surface area (Å²) >= 11 is 0. The van der Waals surface area contributed by atoms with Gasteiger partial charge in [0.05, 0.1) is 16.7 Å². The van der Waals surface area contributed by atoms with Gasteiger partial charge in [0, 0.05) is 19.3 Å². The van der Waals surface area contributed by atoms with Gasteiger partial charge in [0.1, 0.15) is 5.41 Å². The lowest BCUT2D eigenvalue weighted by molar-refractivity contribution is 0.273. The molecule has 0 N–H and O–H groups in total. The Hall–Kier alpha value is -2.23. The molecule has 0 unspecified atom stereocenters. The lowest BCUT2D eigenvalue weighted by atomic mass is 9.77. The summed E-state index contributed by atoms with van der Waals surface area (Å²) in [6, 6.07) is 14.9. The van der Waals surface area contributed by atoms with Crippen molar-refractivity contribution >= 4 is 10.0 Å². The number of pyridine rings is 1. The molecule has 5 nitrogen and oxygen atoms in total. The first-order valence-corrected chi connectivity index (χ1v) is 9.32. The highest BCUT2D eigenvalue weighted by atomic mass is 32.2. The summed E-state index contributed by atoms with van der Waals surface area (Å²) in [5.74, 6) is 0. The normalized spacial score (nSPS) is 18.0. The Bertz CT molecular complexity index is 865. The van der Waals surface area contributed by atoms with Gasteiger partial charge in [-0.2, -0.15) is 9.57 Å². The van der Waals surface area contributed by atoms with Crippen LogP contribution in [-0.2, 0) is 15.4 Å². The maximum absolute atomic E-state index is 12.9. The van der Waals surface area contributed by atoms with Crippen LogP contribution in [0.4, 0.5) is 0 Å². The summed E-state index contributed by atoms with van der Waals surface area (Å²) in [4.78, 5) is 4.65. The molecule has 2 heterocycles. The van der Waals surface area contributed by atoms with Crippen LogP contribution in [0.3, 0.4) is 0 Å². The van der Waals surface area contributed by atoms with Gasteiger partial charge < -0.3 is 0 Å². The van der Waals surface area contributed by atoms with E-state index in [0.29, 0.717) is 30.8 Å². The second-order valence-corrected chi connectivity index (χ2v) is 7.98. The maximum atomic E-state index is 12.9. The molecule has 1 aliphatic heterocycles. The summed E-state index contributed by atoms with van der Waals surface area (Å²) in [6.07, 6.45) is 2.57. The standard InChI is InChI=1S/C18H19N3O2S/c1-15-6-2-3-7-16(15)24(22,23)21-12-9-18(14-19,10-13-21)17-8-4-5-11-20-17/h2-8,11H,9-10,12-13H2,1H3. The smallest absolute Gasteiger partial charge is 0.243 e. The van der Waals surface area contributed by atoms with Crippen molar-refractivity contribution in [3.63, 3.8) is 0 Å². The average molecular weight is 341 g/mol. The van der Waals surface area contributed by atoms with Gasteiger partial charge in [-0.3, -0.25) is 4.98 Å². The Morgan fingerprint density at radius 2 is 1.79 bits per heavy atom. The number of aryl methyl sites for hydroxylation is 1. The molecular formula is C18H19N3O2S. The molecule has 124 valence electrons. The zero-order valence-electron chi connectivity index (χ0n) is 13.5. The predicted octanol–water partition coefficient (Wildman–Crippen LogP) is 2.64. The number of hydrogen-bond donors (Lipinski definition) is 0. The van der Waals surface area contributed by atoms with E-state index in [1.165, 1.54) is 4.31 Å². The van der Waals surface area contributed by atoms with Crippen molar-refractivity contribution < 1.29 is 8.42 Å². The molecule has 0 saturated carbocycles. The largest absolute Gasteiger partial charge is 0.260 e. The van der Waals surface area contributed by atoms with Crippen molar-refractivity contribution in [2.75, 3.05) is 13.1 Å². The van der Waals surface area contributed by atoms with E-state index in [9.17, 15) is 13.7 Å². The zero-order chi connectivity index (χ0) is 17.2. The molecule has 6 heteroatoms. The van der Waals surface area contributed by atoms with E-state index in [1.807, 2.05) is 24.3 Å². The highest BCUT2D eigenvalue weighted by Crippen LogP contribution is 2.35. The lowest BCUT2D eigenvalue weighted by Crippen LogP contribution is -2.45. The first-order chi connectivity index (χ1) is 11.5. The fraction of sp³-hybridized carbons (Fsp3) is 0.333. The number of hydrogen-bond acceptors (Lipinski definition) is 4. The molecule has 0 bridgehead atoms. The number of piperidine rings is 1. The van der Waals surface area contributed by atoms with Crippen molar-refractivity contribution in [2.24, 2.45) is 0 Å². The number of nitriles is 1. The number of benzene rings is 1. The highest BCUT2D eigenvalue weighted by molar-refractivity contribution is 7.89. The van der Waals surface area contributed by atoms with Crippen molar-refractivity contribution in [2.45, 2.75) is 30.1 Å². The lowest BCUT2D eigenvalue weighted by Gasteiger charge is -2.36. The van der Waals surface area contributed by atoms with Crippen LogP contribution in [0.2, 0.25) is 0 Å². The van der Waals surface area contributed by atoms with Crippen LogP contribution in [-0.4, -0.2) is 30.8 Å². The van der Waals surface area contributed by atoms with E-state index in [0.717, 1.165) is 11.3 Å². The molecule has 0 radical (unpaired) electrons. The van der Waals surface area contributed by atoms with Crippen molar-refractivity contribution in [3.8, 4) is 6.07 Å². The van der Waals surface area contributed by atoms with Gasteiger partial charge in [-0.05, 0) is 43.5 Å². The summed E-state index contributed by atoms with van der Waals surface area (Å²) in [7, 11) is -3.53.